The van der Waals surface area contributed by atoms with Crippen molar-refractivity contribution in [3.05, 3.63) is 72.7 Å². The lowest BCUT2D eigenvalue weighted by molar-refractivity contribution is -0.115. The Morgan fingerprint density at radius 2 is 1.97 bits per heavy atom. The summed E-state index contributed by atoms with van der Waals surface area (Å²) in [7, 11) is 0. The first-order valence-electron chi connectivity index (χ1n) is 9.40. The van der Waals surface area contributed by atoms with Crippen molar-refractivity contribution >= 4 is 55.9 Å². The predicted molar refractivity (Wildman–Crippen MR) is 121 cm³/mol. The van der Waals surface area contributed by atoms with E-state index in [1.807, 2.05) is 49.4 Å². The highest BCUT2D eigenvalue weighted by Crippen LogP contribution is 2.30. The fourth-order valence-electron chi connectivity index (χ4n) is 2.85. The summed E-state index contributed by atoms with van der Waals surface area (Å²) in [5.74, 6) is -0.163. The second-order valence-electron chi connectivity index (χ2n) is 6.45. The van der Waals surface area contributed by atoms with Crippen molar-refractivity contribution in [2.75, 3.05) is 10.6 Å². The van der Waals surface area contributed by atoms with Crippen molar-refractivity contribution in [2.24, 2.45) is 0 Å². The van der Waals surface area contributed by atoms with Crippen molar-refractivity contribution in [1.29, 1.82) is 0 Å². The molecule has 0 aliphatic rings. The van der Waals surface area contributed by atoms with E-state index < -0.39 is 0 Å². The fourth-order valence-corrected chi connectivity index (χ4v) is 4.73. The maximum Gasteiger partial charge on any atom is 0.291 e. The monoisotopic (exact) mass is 437 g/mol. The van der Waals surface area contributed by atoms with E-state index in [4.69, 9.17) is 4.42 Å². The van der Waals surface area contributed by atoms with Gasteiger partial charge in [0.15, 0.2) is 10.9 Å². The molecule has 0 spiro atoms. The third-order valence-corrected chi connectivity index (χ3v) is 6.61. The van der Waals surface area contributed by atoms with E-state index in [9.17, 15) is 9.59 Å². The highest BCUT2D eigenvalue weighted by atomic mass is 32.2. The maximum absolute atomic E-state index is 12.8. The molecule has 30 heavy (non-hydrogen) atoms. The zero-order valence-electron chi connectivity index (χ0n) is 16.1. The van der Waals surface area contributed by atoms with Crippen LogP contribution in [-0.2, 0) is 4.79 Å². The molecule has 4 rings (SSSR count). The van der Waals surface area contributed by atoms with E-state index in [2.05, 4.69) is 15.6 Å². The Hall–Kier alpha value is -3.10. The fraction of sp³-hybridized carbons (Fsp3) is 0.136. The minimum absolute atomic E-state index is 0.0911. The van der Waals surface area contributed by atoms with Gasteiger partial charge in [0, 0.05) is 10.6 Å². The number of thiazole rings is 1. The van der Waals surface area contributed by atoms with Crippen LogP contribution in [0.15, 0.2) is 76.2 Å². The Balaban J connectivity index is 1.42. The summed E-state index contributed by atoms with van der Waals surface area (Å²) >= 11 is 2.91. The molecule has 0 aliphatic carbocycles. The van der Waals surface area contributed by atoms with Crippen LogP contribution >= 0.6 is 23.1 Å². The molecule has 1 atom stereocenters. The largest absolute Gasteiger partial charge is 0.459 e. The highest BCUT2D eigenvalue weighted by Gasteiger charge is 2.20. The first-order valence-corrected chi connectivity index (χ1v) is 11.1. The number of fused-ring (bicyclic) bond motifs is 1. The Morgan fingerprint density at radius 1 is 1.10 bits per heavy atom. The van der Waals surface area contributed by atoms with Crippen molar-refractivity contribution in [3.63, 3.8) is 0 Å². The summed E-state index contributed by atoms with van der Waals surface area (Å²) in [5.41, 5.74) is 1.52. The molecule has 152 valence electrons. The van der Waals surface area contributed by atoms with E-state index >= 15 is 0 Å². The Bertz CT molecular complexity index is 1140. The Labute approximate surface area is 181 Å². The number of aromatic nitrogens is 1. The standard InChI is InChI=1S/C22H19N3O3S2/c1-2-18(21(27)25-22-24-16-9-3-4-11-19(16)30-22)29-15-8-5-7-14(13-15)23-20(26)17-10-6-12-28-17/h3-13,18H,2H2,1H3,(H,23,26)(H,24,25,27). The lowest BCUT2D eigenvalue weighted by Crippen LogP contribution is -2.24. The molecule has 2 heterocycles. The number of amides is 2. The summed E-state index contributed by atoms with van der Waals surface area (Å²) in [4.78, 5) is 30.3. The predicted octanol–water partition coefficient (Wildman–Crippen LogP) is 5.65. The quantitative estimate of drug-likeness (QED) is 0.365. The number of carbonyl (C=O) groups is 2. The number of hydrogen-bond donors (Lipinski definition) is 2. The summed E-state index contributed by atoms with van der Waals surface area (Å²) in [6.45, 7) is 1.97. The Kier molecular flexibility index (Phi) is 6.15. The number of rotatable bonds is 7. The van der Waals surface area contributed by atoms with Gasteiger partial charge in [0.25, 0.3) is 5.91 Å². The van der Waals surface area contributed by atoms with Crippen LogP contribution in [0.3, 0.4) is 0 Å². The van der Waals surface area contributed by atoms with Gasteiger partial charge in [-0.1, -0.05) is 36.5 Å². The number of benzene rings is 2. The molecule has 0 bridgehead atoms. The Morgan fingerprint density at radius 3 is 2.73 bits per heavy atom. The summed E-state index contributed by atoms with van der Waals surface area (Å²) in [6, 6.07) is 18.5. The lowest BCUT2D eigenvalue weighted by atomic mass is 10.3. The van der Waals surface area contributed by atoms with Gasteiger partial charge >= 0.3 is 0 Å². The molecule has 2 aromatic carbocycles. The summed E-state index contributed by atoms with van der Waals surface area (Å²) in [6.07, 6.45) is 2.11. The first-order chi connectivity index (χ1) is 14.6. The number of nitrogens with zero attached hydrogens (tertiary/aromatic N) is 1. The summed E-state index contributed by atoms with van der Waals surface area (Å²) < 4.78 is 6.15. The van der Waals surface area contributed by atoms with Crippen LogP contribution in [0, 0.1) is 0 Å². The van der Waals surface area contributed by atoms with E-state index in [1.165, 1.54) is 29.4 Å². The van der Waals surface area contributed by atoms with Crippen molar-refractivity contribution in [2.45, 2.75) is 23.5 Å². The van der Waals surface area contributed by atoms with Gasteiger partial charge in [0.05, 0.1) is 21.7 Å². The molecule has 0 saturated heterocycles. The summed E-state index contributed by atoms with van der Waals surface area (Å²) in [5, 5.41) is 6.05. The molecule has 4 aromatic rings. The minimum Gasteiger partial charge on any atom is -0.459 e. The number of furan rings is 1. The molecular weight excluding hydrogens is 418 g/mol. The topological polar surface area (TPSA) is 84.2 Å². The average Bonchev–Trinajstić information content (AvgIpc) is 3.41. The first kappa shape index (κ1) is 20.2. The van der Waals surface area contributed by atoms with Crippen LogP contribution in [0.2, 0.25) is 0 Å². The van der Waals surface area contributed by atoms with Gasteiger partial charge in [-0.15, -0.1) is 11.8 Å². The van der Waals surface area contributed by atoms with Crippen LogP contribution in [0.1, 0.15) is 23.9 Å². The van der Waals surface area contributed by atoms with E-state index in [1.54, 1.807) is 18.2 Å². The molecule has 2 N–H and O–H groups in total. The van der Waals surface area contributed by atoms with Gasteiger partial charge in [0.1, 0.15) is 0 Å². The number of hydrogen-bond acceptors (Lipinski definition) is 6. The van der Waals surface area contributed by atoms with Gasteiger partial charge in [-0.3, -0.25) is 9.59 Å². The molecule has 0 fully saturated rings. The van der Waals surface area contributed by atoms with Crippen LogP contribution in [0.5, 0.6) is 0 Å². The molecule has 2 amide bonds. The van der Waals surface area contributed by atoms with Crippen LogP contribution in [0.4, 0.5) is 10.8 Å². The number of carbonyl (C=O) groups excluding carboxylic acids is 2. The molecule has 0 aliphatic heterocycles. The number of para-hydroxylation sites is 1. The molecule has 6 nitrogen and oxygen atoms in total. The third kappa shape index (κ3) is 4.72. The van der Waals surface area contributed by atoms with Gasteiger partial charge in [0.2, 0.25) is 5.91 Å². The number of nitrogens with one attached hydrogen (secondary N) is 2. The maximum atomic E-state index is 12.8. The smallest absolute Gasteiger partial charge is 0.291 e. The molecular formula is C22H19N3O3S2. The van der Waals surface area contributed by atoms with Gasteiger partial charge in [-0.25, -0.2) is 4.98 Å². The average molecular weight is 438 g/mol. The van der Waals surface area contributed by atoms with Crippen molar-refractivity contribution in [1.82, 2.24) is 4.98 Å². The second-order valence-corrected chi connectivity index (χ2v) is 8.76. The van der Waals surface area contributed by atoms with Crippen LogP contribution < -0.4 is 10.6 Å². The zero-order valence-corrected chi connectivity index (χ0v) is 17.8. The molecule has 0 radical (unpaired) electrons. The lowest BCUT2D eigenvalue weighted by Gasteiger charge is -2.14. The number of thioether (sulfide) groups is 1. The SMILES string of the molecule is CCC(Sc1cccc(NC(=O)c2ccco2)c1)C(=O)Nc1nc2ccccc2s1. The van der Waals surface area contributed by atoms with Gasteiger partial charge < -0.3 is 15.1 Å². The van der Waals surface area contributed by atoms with Crippen LogP contribution in [-0.4, -0.2) is 22.0 Å². The third-order valence-electron chi connectivity index (χ3n) is 4.30. The van der Waals surface area contributed by atoms with Gasteiger partial charge in [-0.2, -0.15) is 0 Å². The normalized spacial score (nSPS) is 11.9. The number of anilines is 2. The van der Waals surface area contributed by atoms with Crippen molar-refractivity contribution in [3.8, 4) is 0 Å². The minimum atomic E-state index is -0.317. The van der Waals surface area contributed by atoms with Crippen LogP contribution in [0.25, 0.3) is 10.2 Å². The second kappa shape index (κ2) is 9.15. The highest BCUT2D eigenvalue weighted by molar-refractivity contribution is 8.00. The van der Waals surface area contributed by atoms with Crippen molar-refractivity contribution < 1.29 is 14.0 Å². The van der Waals surface area contributed by atoms with E-state index in [0.717, 1.165) is 15.1 Å². The molecule has 1 unspecified atom stereocenters. The van der Waals surface area contributed by atoms with E-state index in [0.29, 0.717) is 17.2 Å². The molecule has 2 aromatic heterocycles. The molecule has 0 saturated carbocycles. The van der Waals surface area contributed by atoms with Gasteiger partial charge in [-0.05, 0) is 48.9 Å². The van der Waals surface area contributed by atoms with E-state index in [-0.39, 0.29) is 22.8 Å². The zero-order chi connectivity index (χ0) is 20.9. The molecule has 8 heteroatoms.